The van der Waals surface area contributed by atoms with E-state index in [4.69, 9.17) is 9.72 Å². The SMILES string of the molecule is CC(N1CCOCC1)n1c2ccccc2n2cc(C(C)(C)C)nc12.Cl. The largest absolute Gasteiger partial charge is 0.379 e. The maximum absolute atomic E-state index is 5.52. The van der Waals surface area contributed by atoms with Gasteiger partial charge in [0.1, 0.15) is 0 Å². The van der Waals surface area contributed by atoms with Crippen LogP contribution < -0.4 is 0 Å². The van der Waals surface area contributed by atoms with Crippen molar-refractivity contribution in [3.63, 3.8) is 0 Å². The Morgan fingerprint density at radius 2 is 1.72 bits per heavy atom. The molecule has 2 aromatic heterocycles. The molecule has 1 saturated heterocycles. The lowest BCUT2D eigenvalue weighted by atomic mass is 9.93. The molecule has 0 aliphatic carbocycles. The summed E-state index contributed by atoms with van der Waals surface area (Å²) < 4.78 is 10.1. The maximum atomic E-state index is 5.52. The third-order valence-electron chi connectivity index (χ3n) is 5.02. The van der Waals surface area contributed by atoms with Gasteiger partial charge in [-0.2, -0.15) is 0 Å². The highest BCUT2D eigenvalue weighted by molar-refractivity contribution is 5.85. The predicted molar refractivity (Wildman–Crippen MR) is 104 cm³/mol. The van der Waals surface area contributed by atoms with Gasteiger partial charge in [0.2, 0.25) is 5.78 Å². The molecule has 3 heterocycles. The molecule has 136 valence electrons. The standard InChI is InChI=1S/C19H26N4O.ClH/c1-14(21-9-11-24-12-10-21)23-16-8-6-5-7-15(16)22-13-17(19(2,3)4)20-18(22)23;/h5-8,13-14H,9-12H2,1-4H3;1H. The number of imidazole rings is 2. The monoisotopic (exact) mass is 362 g/mol. The minimum absolute atomic E-state index is 0. The fourth-order valence-electron chi connectivity index (χ4n) is 3.54. The molecule has 1 aromatic carbocycles. The van der Waals surface area contributed by atoms with E-state index in [-0.39, 0.29) is 24.0 Å². The second kappa shape index (κ2) is 6.63. The van der Waals surface area contributed by atoms with E-state index in [0.717, 1.165) is 37.8 Å². The highest BCUT2D eigenvalue weighted by Gasteiger charge is 2.26. The molecule has 6 heteroatoms. The van der Waals surface area contributed by atoms with Gasteiger partial charge < -0.3 is 4.74 Å². The molecule has 1 atom stereocenters. The number of fused-ring (bicyclic) bond motifs is 3. The van der Waals surface area contributed by atoms with Crippen LogP contribution in [-0.4, -0.2) is 45.2 Å². The minimum atomic E-state index is 0. The predicted octanol–water partition coefficient (Wildman–Crippen LogP) is 3.86. The van der Waals surface area contributed by atoms with Gasteiger partial charge in [-0.1, -0.05) is 32.9 Å². The summed E-state index contributed by atoms with van der Waals surface area (Å²) in [5.41, 5.74) is 3.63. The zero-order valence-corrected chi connectivity index (χ0v) is 16.2. The molecule has 0 saturated carbocycles. The summed E-state index contributed by atoms with van der Waals surface area (Å²) in [4.78, 5) is 7.48. The van der Waals surface area contributed by atoms with E-state index < -0.39 is 0 Å². The molecule has 1 fully saturated rings. The van der Waals surface area contributed by atoms with Gasteiger partial charge in [-0.15, -0.1) is 12.4 Å². The summed E-state index contributed by atoms with van der Waals surface area (Å²) >= 11 is 0. The van der Waals surface area contributed by atoms with E-state index in [1.54, 1.807) is 0 Å². The molecule has 0 radical (unpaired) electrons. The third kappa shape index (κ3) is 3.05. The van der Waals surface area contributed by atoms with Gasteiger partial charge in [0.25, 0.3) is 0 Å². The fraction of sp³-hybridized carbons (Fsp3) is 0.526. The normalized spacial score (nSPS) is 17.8. The van der Waals surface area contributed by atoms with Crippen molar-refractivity contribution in [2.45, 2.75) is 39.3 Å². The molecule has 0 bridgehead atoms. The second-order valence-electron chi connectivity index (χ2n) is 7.69. The van der Waals surface area contributed by atoms with Crippen LogP contribution in [0.1, 0.15) is 39.6 Å². The zero-order valence-electron chi connectivity index (χ0n) is 15.4. The van der Waals surface area contributed by atoms with Gasteiger partial charge in [0, 0.05) is 24.7 Å². The average Bonchev–Trinajstić information content (AvgIpc) is 3.12. The van der Waals surface area contributed by atoms with E-state index in [9.17, 15) is 0 Å². The summed E-state index contributed by atoms with van der Waals surface area (Å²) in [7, 11) is 0. The van der Waals surface area contributed by atoms with Gasteiger partial charge in [-0.25, -0.2) is 4.98 Å². The Hall–Kier alpha value is -1.56. The van der Waals surface area contributed by atoms with Crippen LogP contribution in [0.15, 0.2) is 30.5 Å². The van der Waals surface area contributed by atoms with Gasteiger partial charge in [0.15, 0.2) is 0 Å². The molecule has 1 aliphatic heterocycles. The molecule has 0 amide bonds. The van der Waals surface area contributed by atoms with Crippen LogP contribution in [0.3, 0.4) is 0 Å². The zero-order chi connectivity index (χ0) is 16.9. The molecule has 1 unspecified atom stereocenters. The van der Waals surface area contributed by atoms with E-state index in [1.807, 2.05) is 0 Å². The topological polar surface area (TPSA) is 34.7 Å². The van der Waals surface area contributed by atoms with Gasteiger partial charge in [0.05, 0.1) is 36.1 Å². The number of nitrogens with zero attached hydrogens (tertiary/aromatic N) is 4. The van der Waals surface area contributed by atoms with Crippen LogP contribution in [0.2, 0.25) is 0 Å². The summed E-state index contributed by atoms with van der Waals surface area (Å²) in [6, 6.07) is 8.58. The molecule has 3 aromatic rings. The molecule has 0 spiro atoms. The average molecular weight is 363 g/mol. The first-order valence-corrected chi connectivity index (χ1v) is 8.77. The van der Waals surface area contributed by atoms with Crippen molar-refractivity contribution in [1.29, 1.82) is 0 Å². The molecular formula is C19H27ClN4O. The van der Waals surface area contributed by atoms with Crippen LogP contribution in [0, 0.1) is 0 Å². The van der Waals surface area contributed by atoms with Crippen molar-refractivity contribution in [2.75, 3.05) is 26.3 Å². The molecule has 4 rings (SSSR count). The first-order valence-electron chi connectivity index (χ1n) is 8.77. The highest BCUT2D eigenvalue weighted by atomic mass is 35.5. The van der Waals surface area contributed by atoms with Crippen molar-refractivity contribution in [3.8, 4) is 0 Å². The molecule has 25 heavy (non-hydrogen) atoms. The smallest absolute Gasteiger partial charge is 0.216 e. The Morgan fingerprint density at radius 1 is 1.08 bits per heavy atom. The van der Waals surface area contributed by atoms with E-state index >= 15 is 0 Å². The summed E-state index contributed by atoms with van der Waals surface area (Å²) in [6.45, 7) is 12.5. The number of rotatable bonds is 2. The van der Waals surface area contributed by atoms with Crippen LogP contribution in [0.25, 0.3) is 16.8 Å². The number of hydrogen-bond donors (Lipinski definition) is 0. The number of hydrogen-bond acceptors (Lipinski definition) is 3. The highest BCUT2D eigenvalue weighted by Crippen LogP contribution is 2.30. The van der Waals surface area contributed by atoms with E-state index in [0.29, 0.717) is 0 Å². The lowest BCUT2D eigenvalue weighted by molar-refractivity contribution is 0.00551. The number of halogens is 1. The number of para-hydroxylation sites is 2. The minimum Gasteiger partial charge on any atom is -0.379 e. The summed E-state index contributed by atoms with van der Waals surface area (Å²) in [5.74, 6) is 1.03. The Morgan fingerprint density at radius 3 is 2.36 bits per heavy atom. The van der Waals surface area contributed by atoms with Crippen LogP contribution in [-0.2, 0) is 10.2 Å². The molecular weight excluding hydrogens is 336 g/mol. The van der Waals surface area contributed by atoms with Crippen molar-refractivity contribution in [2.24, 2.45) is 0 Å². The molecule has 5 nitrogen and oxygen atoms in total. The first-order chi connectivity index (χ1) is 11.5. The maximum Gasteiger partial charge on any atom is 0.216 e. The fourth-order valence-corrected chi connectivity index (χ4v) is 3.54. The summed E-state index contributed by atoms with van der Waals surface area (Å²) in [5, 5.41) is 0. The Kier molecular flexibility index (Phi) is 4.84. The lowest BCUT2D eigenvalue weighted by Gasteiger charge is -2.33. The molecule has 0 N–H and O–H groups in total. The quantitative estimate of drug-likeness (QED) is 0.694. The van der Waals surface area contributed by atoms with Gasteiger partial charge in [-0.05, 0) is 19.1 Å². The van der Waals surface area contributed by atoms with E-state index in [2.05, 4.69) is 72.0 Å². The van der Waals surface area contributed by atoms with Crippen LogP contribution >= 0.6 is 12.4 Å². The summed E-state index contributed by atoms with van der Waals surface area (Å²) in [6.07, 6.45) is 2.45. The first kappa shape index (κ1) is 18.2. The number of aromatic nitrogens is 3. The molecule has 1 aliphatic rings. The van der Waals surface area contributed by atoms with Crippen molar-refractivity contribution < 1.29 is 4.74 Å². The van der Waals surface area contributed by atoms with Gasteiger partial charge >= 0.3 is 0 Å². The number of ether oxygens (including phenoxy) is 1. The van der Waals surface area contributed by atoms with Crippen molar-refractivity contribution >= 4 is 29.2 Å². The Balaban J connectivity index is 0.00000182. The van der Waals surface area contributed by atoms with Gasteiger partial charge in [-0.3, -0.25) is 13.9 Å². The van der Waals surface area contributed by atoms with Crippen LogP contribution in [0.5, 0.6) is 0 Å². The van der Waals surface area contributed by atoms with Crippen molar-refractivity contribution in [1.82, 2.24) is 18.9 Å². The van der Waals surface area contributed by atoms with E-state index in [1.165, 1.54) is 11.0 Å². The second-order valence-corrected chi connectivity index (χ2v) is 7.69. The number of benzene rings is 1. The lowest BCUT2D eigenvalue weighted by Crippen LogP contribution is -2.40. The third-order valence-corrected chi connectivity index (χ3v) is 5.02. The Labute approximate surface area is 155 Å². The van der Waals surface area contributed by atoms with Crippen LogP contribution in [0.4, 0.5) is 0 Å². The number of morpholine rings is 1. The Bertz CT molecular complexity index is 871. The van der Waals surface area contributed by atoms with Crippen molar-refractivity contribution in [3.05, 3.63) is 36.2 Å².